The van der Waals surface area contributed by atoms with Crippen LogP contribution in [-0.4, -0.2) is 36.2 Å². The Morgan fingerprint density at radius 3 is 3.00 bits per heavy atom. The molecular formula is C16H17N3O2. The molecule has 5 heteroatoms. The average Bonchev–Trinajstić information content (AvgIpc) is 2.72. The van der Waals surface area contributed by atoms with E-state index in [0.717, 1.165) is 24.1 Å². The molecule has 2 atom stereocenters. The quantitative estimate of drug-likeness (QED) is 0.841. The Labute approximate surface area is 123 Å². The third-order valence-electron chi connectivity index (χ3n) is 4.01. The number of hydrogen-bond donors (Lipinski definition) is 1. The van der Waals surface area contributed by atoms with Gasteiger partial charge >= 0.3 is 6.09 Å². The molecule has 1 aromatic carbocycles. The predicted molar refractivity (Wildman–Crippen MR) is 77.2 cm³/mol. The van der Waals surface area contributed by atoms with E-state index < -0.39 is 0 Å². The van der Waals surface area contributed by atoms with Gasteiger partial charge < -0.3 is 10.1 Å². The van der Waals surface area contributed by atoms with Gasteiger partial charge in [0.1, 0.15) is 6.61 Å². The van der Waals surface area contributed by atoms with Gasteiger partial charge in [-0.2, -0.15) is 5.26 Å². The van der Waals surface area contributed by atoms with Crippen LogP contribution in [0.15, 0.2) is 42.0 Å². The first-order valence-electron chi connectivity index (χ1n) is 7.08. The normalized spacial score (nSPS) is 25.7. The summed E-state index contributed by atoms with van der Waals surface area (Å²) in [4.78, 5) is 14.1. The van der Waals surface area contributed by atoms with Crippen molar-refractivity contribution in [2.24, 2.45) is 0 Å². The van der Waals surface area contributed by atoms with Crippen LogP contribution in [0.25, 0.3) is 0 Å². The Balaban J connectivity index is 1.67. The summed E-state index contributed by atoms with van der Waals surface area (Å²) < 4.78 is 5.42. The van der Waals surface area contributed by atoms with Gasteiger partial charge in [0.2, 0.25) is 0 Å². The van der Waals surface area contributed by atoms with Gasteiger partial charge in [-0.3, -0.25) is 4.90 Å². The van der Waals surface area contributed by atoms with Crippen LogP contribution in [0, 0.1) is 11.3 Å². The second-order valence-electron chi connectivity index (χ2n) is 5.33. The monoisotopic (exact) mass is 283 g/mol. The van der Waals surface area contributed by atoms with E-state index in [9.17, 15) is 4.79 Å². The maximum absolute atomic E-state index is 12.3. The van der Waals surface area contributed by atoms with Crippen molar-refractivity contribution in [1.29, 1.82) is 5.26 Å². The van der Waals surface area contributed by atoms with Crippen molar-refractivity contribution in [1.82, 2.24) is 10.2 Å². The molecule has 0 spiro atoms. The van der Waals surface area contributed by atoms with Gasteiger partial charge in [0, 0.05) is 19.2 Å². The number of piperazine rings is 1. The van der Waals surface area contributed by atoms with E-state index in [1.807, 2.05) is 30.3 Å². The molecule has 2 aliphatic rings. The minimum atomic E-state index is -0.295. The number of allylic oxidation sites excluding steroid dienone is 1. The summed E-state index contributed by atoms with van der Waals surface area (Å²) in [6, 6.07) is 11.7. The number of carbonyl (C=O) groups excluding carboxylic acids is 1. The number of hydrogen-bond acceptors (Lipinski definition) is 4. The smallest absolute Gasteiger partial charge is 0.410 e. The molecule has 2 bridgehead atoms. The van der Waals surface area contributed by atoms with Crippen LogP contribution >= 0.6 is 0 Å². The number of fused-ring (bicyclic) bond motifs is 2. The summed E-state index contributed by atoms with van der Waals surface area (Å²) in [6.07, 6.45) is 2.03. The molecule has 0 saturated carbocycles. The summed E-state index contributed by atoms with van der Waals surface area (Å²) >= 11 is 0. The minimum absolute atomic E-state index is 0.0494. The molecule has 1 amide bonds. The van der Waals surface area contributed by atoms with Gasteiger partial charge in [-0.15, -0.1) is 0 Å². The molecule has 21 heavy (non-hydrogen) atoms. The maximum atomic E-state index is 12.3. The van der Waals surface area contributed by atoms with Crippen LogP contribution in [-0.2, 0) is 11.3 Å². The lowest BCUT2D eigenvalue weighted by molar-refractivity contribution is 0.0715. The molecule has 1 N–H and O–H groups in total. The highest BCUT2D eigenvalue weighted by molar-refractivity contribution is 5.70. The fourth-order valence-electron chi connectivity index (χ4n) is 3.03. The molecule has 2 saturated heterocycles. The SMILES string of the molecule is N#CC=C1CC2CNCC1N2C(=O)OCc1ccccc1. The van der Waals surface area contributed by atoms with E-state index in [1.54, 1.807) is 11.0 Å². The van der Waals surface area contributed by atoms with Crippen molar-refractivity contribution < 1.29 is 9.53 Å². The number of ether oxygens (including phenoxy) is 1. The molecule has 2 unspecified atom stereocenters. The Bertz CT molecular complexity index is 591. The van der Waals surface area contributed by atoms with Gasteiger partial charge in [0.05, 0.1) is 18.2 Å². The highest BCUT2D eigenvalue weighted by Gasteiger charge is 2.43. The summed E-state index contributed by atoms with van der Waals surface area (Å²) in [5, 5.41) is 12.1. The van der Waals surface area contributed by atoms with Crippen molar-refractivity contribution in [3.63, 3.8) is 0 Å². The van der Waals surface area contributed by atoms with E-state index in [0.29, 0.717) is 6.54 Å². The second-order valence-corrected chi connectivity index (χ2v) is 5.33. The second kappa shape index (κ2) is 5.98. The van der Waals surface area contributed by atoms with Gasteiger partial charge in [-0.05, 0) is 17.6 Å². The maximum Gasteiger partial charge on any atom is 0.410 e. The van der Waals surface area contributed by atoms with Crippen molar-refractivity contribution in [2.75, 3.05) is 13.1 Å². The number of nitriles is 1. The molecule has 5 nitrogen and oxygen atoms in total. The van der Waals surface area contributed by atoms with Crippen molar-refractivity contribution >= 4 is 6.09 Å². The topological polar surface area (TPSA) is 65.4 Å². The van der Waals surface area contributed by atoms with Crippen LogP contribution in [0.4, 0.5) is 4.79 Å². The predicted octanol–water partition coefficient (Wildman–Crippen LogP) is 1.82. The van der Waals surface area contributed by atoms with E-state index in [2.05, 4.69) is 11.4 Å². The molecular weight excluding hydrogens is 266 g/mol. The van der Waals surface area contributed by atoms with E-state index in [4.69, 9.17) is 10.00 Å². The molecule has 3 rings (SSSR count). The average molecular weight is 283 g/mol. The molecule has 0 aliphatic carbocycles. The largest absolute Gasteiger partial charge is 0.445 e. The van der Waals surface area contributed by atoms with Crippen LogP contribution in [0.2, 0.25) is 0 Å². The molecule has 1 aromatic rings. The van der Waals surface area contributed by atoms with Gasteiger partial charge in [0.15, 0.2) is 0 Å². The Morgan fingerprint density at radius 1 is 1.43 bits per heavy atom. The highest BCUT2D eigenvalue weighted by atomic mass is 16.6. The first-order valence-corrected chi connectivity index (χ1v) is 7.08. The Morgan fingerprint density at radius 2 is 2.24 bits per heavy atom. The lowest BCUT2D eigenvalue weighted by Crippen LogP contribution is -2.54. The molecule has 0 aromatic heterocycles. The fourth-order valence-corrected chi connectivity index (χ4v) is 3.03. The summed E-state index contributed by atoms with van der Waals surface area (Å²) in [5.74, 6) is 0. The minimum Gasteiger partial charge on any atom is -0.445 e. The lowest BCUT2D eigenvalue weighted by Gasteiger charge is -2.34. The number of nitrogens with zero attached hydrogens (tertiary/aromatic N) is 2. The third kappa shape index (κ3) is 2.76. The zero-order chi connectivity index (χ0) is 14.7. The molecule has 108 valence electrons. The number of carbonyl (C=O) groups is 1. The molecule has 2 aliphatic heterocycles. The van der Waals surface area contributed by atoms with Crippen LogP contribution in [0.3, 0.4) is 0 Å². The fraction of sp³-hybridized carbons (Fsp3) is 0.375. The Kier molecular flexibility index (Phi) is 3.89. The van der Waals surface area contributed by atoms with Crippen molar-refractivity contribution in [3.05, 3.63) is 47.5 Å². The van der Waals surface area contributed by atoms with Crippen LogP contribution in [0.1, 0.15) is 12.0 Å². The summed E-state index contributed by atoms with van der Waals surface area (Å²) in [5.41, 5.74) is 1.99. The lowest BCUT2D eigenvalue weighted by atomic mass is 10.1. The summed E-state index contributed by atoms with van der Waals surface area (Å²) in [6.45, 7) is 1.71. The molecule has 2 heterocycles. The number of nitrogens with one attached hydrogen (secondary N) is 1. The zero-order valence-electron chi connectivity index (χ0n) is 11.7. The van der Waals surface area contributed by atoms with Gasteiger partial charge in [-0.1, -0.05) is 30.3 Å². The number of amides is 1. The standard InChI is InChI=1S/C16H17N3O2/c17-7-6-13-8-14-9-18-10-15(13)19(14)16(20)21-11-12-4-2-1-3-5-12/h1-6,14-15,18H,8-11H2. The number of benzene rings is 1. The number of rotatable bonds is 2. The zero-order valence-corrected chi connectivity index (χ0v) is 11.7. The van der Waals surface area contributed by atoms with Gasteiger partial charge in [-0.25, -0.2) is 4.79 Å². The first-order chi connectivity index (χ1) is 10.3. The third-order valence-corrected chi connectivity index (χ3v) is 4.01. The summed E-state index contributed by atoms with van der Waals surface area (Å²) in [7, 11) is 0. The van der Waals surface area contributed by atoms with Crippen LogP contribution in [0.5, 0.6) is 0 Å². The van der Waals surface area contributed by atoms with E-state index in [-0.39, 0.29) is 24.8 Å². The Hall–Kier alpha value is -2.32. The van der Waals surface area contributed by atoms with Gasteiger partial charge in [0.25, 0.3) is 0 Å². The molecule has 0 radical (unpaired) electrons. The van der Waals surface area contributed by atoms with Crippen molar-refractivity contribution in [3.8, 4) is 6.07 Å². The highest BCUT2D eigenvalue weighted by Crippen LogP contribution is 2.32. The van der Waals surface area contributed by atoms with Crippen LogP contribution < -0.4 is 5.32 Å². The van der Waals surface area contributed by atoms with E-state index >= 15 is 0 Å². The first kappa shape index (κ1) is 13.7. The van der Waals surface area contributed by atoms with Crippen molar-refractivity contribution in [2.45, 2.75) is 25.1 Å². The molecule has 2 fully saturated rings. The van der Waals surface area contributed by atoms with E-state index in [1.165, 1.54) is 0 Å².